The first-order valence-corrected chi connectivity index (χ1v) is 13.5. The molecule has 38 heavy (non-hydrogen) atoms. The molecule has 0 saturated carbocycles. The molecule has 0 aliphatic carbocycles. The molecule has 1 aromatic heterocycles. The minimum absolute atomic E-state index is 0.214. The molecule has 0 bridgehead atoms. The van der Waals surface area contributed by atoms with Crippen molar-refractivity contribution in [3.8, 4) is 11.8 Å². The average molecular weight is 525 g/mol. The third-order valence-electron chi connectivity index (χ3n) is 6.83. The van der Waals surface area contributed by atoms with E-state index >= 15 is 0 Å². The number of carbonyl (C=O) groups excluding carboxylic acids is 3. The summed E-state index contributed by atoms with van der Waals surface area (Å²) in [6.45, 7) is 8.96. The maximum absolute atomic E-state index is 12.9. The van der Waals surface area contributed by atoms with Crippen molar-refractivity contribution in [3.63, 3.8) is 0 Å². The smallest absolute Gasteiger partial charge is 0.410 e. The van der Waals surface area contributed by atoms with Gasteiger partial charge in [0, 0.05) is 37.5 Å². The molecule has 1 aliphatic heterocycles. The van der Waals surface area contributed by atoms with E-state index in [1.54, 1.807) is 11.9 Å². The predicted octanol–water partition coefficient (Wildman–Crippen LogP) is 4.27. The number of amides is 3. The minimum Gasteiger partial charge on any atom is -0.450 e. The largest absolute Gasteiger partial charge is 0.450 e. The van der Waals surface area contributed by atoms with Crippen LogP contribution in [0, 0.1) is 11.8 Å². The van der Waals surface area contributed by atoms with Gasteiger partial charge in [0.05, 0.1) is 17.6 Å². The first-order chi connectivity index (χ1) is 18.0. The number of hydrogen-bond donors (Lipinski definition) is 1. The van der Waals surface area contributed by atoms with Crippen LogP contribution in [0.2, 0.25) is 0 Å². The predicted molar refractivity (Wildman–Crippen MR) is 147 cm³/mol. The Bertz CT molecular complexity index is 1290. The van der Waals surface area contributed by atoms with Gasteiger partial charge in [0.1, 0.15) is 6.04 Å². The lowest BCUT2D eigenvalue weighted by Crippen LogP contribution is -2.46. The number of imidazole rings is 1. The third-order valence-corrected chi connectivity index (χ3v) is 6.83. The molecule has 1 unspecified atom stereocenters. The van der Waals surface area contributed by atoms with Crippen molar-refractivity contribution >= 4 is 28.9 Å². The van der Waals surface area contributed by atoms with E-state index < -0.39 is 11.9 Å². The Morgan fingerprint density at radius 3 is 2.50 bits per heavy atom. The highest BCUT2D eigenvalue weighted by Crippen LogP contribution is 2.23. The second-order valence-electron chi connectivity index (χ2n) is 10.7. The molecule has 1 saturated heterocycles. The summed E-state index contributed by atoms with van der Waals surface area (Å²) in [5, 5.41) is 2.33. The second-order valence-corrected chi connectivity index (χ2v) is 10.7. The van der Waals surface area contributed by atoms with Gasteiger partial charge in [-0.05, 0) is 65.2 Å². The molecule has 1 atom stereocenters. The maximum atomic E-state index is 12.9. The molecule has 206 valence electrons. The molecule has 0 radical (unpaired) electrons. The summed E-state index contributed by atoms with van der Waals surface area (Å²) in [6.07, 6.45) is 6.22. The van der Waals surface area contributed by atoms with Crippen LogP contribution >= 0.6 is 0 Å². The normalized spacial score (nSPS) is 15.7. The van der Waals surface area contributed by atoms with Gasteiger partial charge in [-0.1, -0.05) is 31.1 Å². The number of imide groups is 1. The first-order valence-electron chi connectivity index (χ1n) is 13.5. The number of carbonyl (C=O) groups is 3. The molecule has 0 spiro atoms. The fourth-order valence-electron chi connectivity index (χ4n) is 4.75. The molecule has 2 aromatic rings. The zero-order valence-electron chi connectivity index (χ0n) is 23.3. The van der Waals surface area contributed by atoms with Crippen LogP contribution in [0.5, 0.6) is 0 Å². The summed E-state index contributed by atoms with van der Waals surface area (Å²) in [4.78, 5) is 50.7. The zero-order valence-corrected chi connectivity index (χ0v) is 23.3. The van der Waals surface area contributed by atoms with E-state index in [-0.39, 0.29) is 29.6 Å². The van der Waals surface area contributed by atoms with Crippen LogP contribution in [0.25, 0.3) is 11.0 Å². The molecule has 1 aliphatic rings. The van der Waals surface area contributed by atoms with Gasteiger partial charge < -0.3 is 9.64 Å². The fourth-order valence-corrected chi connectivity index (χ4v) is 4.75. The number of aryl methyl sites for hydroxylation is 1. The highest BCUT2D eigenvalue weighted by Gasteiger charge is 2.31. The standard InChI is InChI=1S/C29H40N4O5/c1-6-38-28(37)32(29(2,3)4)19-13-11-9-7-8-10-12-14-21-15-16-22-24(20-21)31(5)27(36)33(22)23-17-18-25(34)30-26(23)35/h15-16,20,23H,6-11,13,17-19H2,1-5H3,(H,30,34,35). The molecule has 9 nitrogen and oxygen atoms in total. The summed E-state index contributed by atoms with van der Waals surface area (Å²) in [5.41, 5.74) is 1.64. The highest BCUT2D eigenvalue weighted by molar-refractivity contribution is 6.00. The Balaban J connectivity index is 1.49. The topological polar surface area (TPSA) is 103 Å². The molecular weight excluding hydrogens is 484 g/mol. The number of nitrogens with zero attached hydrogens (tertiary/aromatic N) is 3. The molecular formula is C29H40N4O5. The van der Waals surface area contributed by atoms with Crippen molar-refractivity contribution in [2.45, 2.75) is 90.6 Å². The lowest BCUT2D eigenvalue weighted by molar-refractivity contribution is -0.135. The van der Waals surface area contributed by atoms with Crippen molar-refractivity contribution in [2.24, 2.45) is 7.05 Å². The van der Waals surface area contributed by atoms with E-state index in [2.05, 4.69) is 17.2 Å². The summed E-state index contributed by atoms with van der Waals surface area (Å²) in [5.74, 6) is 5.67. The molecule has 3 rings (SSSR count). The molecule has 3 amide bonds. The van der Waals surface area contributed by atoms with Gasteiger partial charge >= 0.3 is 11.8 Å². The van der Waals surface area contributed by atoms with E-state index in [1.807, 2.05) is 45.9 Å². The Morgan fingerprint density at radius 1 is 1.11 bits per heavy atom. The number of hydrogen-bond acceptors (Lipinski definition) is 5. The van der Waals surface area contributed by atoms with Crippen LogP contribution < -0.4 is 11.0 Å². The Hall–Kier alpha value is -3.54. The summed E-state index contributed by atoms with van der Waals surface area (Å²) < 4.78 is 8.18. The van der Waals surface area contributed by atoms with Gasteiger partial charge in [-0.15, -0.1) is 0 Å². The van der Waals surface area contributed by atoms with Crippen LogP contribution in [-0.4, -0.2) is 50.6 Å². The van der Waals surface area contributed by atoms with Gasteiger partial charge in [0.25, 0.3) is 0 Å². The van der Waals surface area contributed by atoms with Crippen LogP contribution in [0.3, 0.4) is 0 Å². The lowest BCUT2D eigenvalue weighted by Gasteiger charge is -2.34. The van der Waals surface area contributed by atoms with Gasteiger partial charge in [-0.3, -0.25) is 24.0 Å². The molecule has 1 fully saturated rings. The number of piperidine rings is 1. The van der Waals surface area contributed by atoms with E-state index in [0.29, 0.717) is 30.6 Å². The second kappa shape index (κ2) is 12.8. The molecule has 1 N–H and O–H groups in total. The van der Waals surface area contributed by atoms with Crippen molar-refractivity contribution in [1.82, 2.24) is 19.4 Å². The van der Waals surface area contributed by atoms with E-state index in [4.69, 9.17) is 4.74 Å². The van der Waals surface area contributed by atoms with E-state index in [9.17, 15) is 19.2 Å². The Labute approximate surface area is 224 Å². The first kappa shape index (κ1) is 29.0. The van der Waals surface area contributed by atoms with Crippen molar-refractivity contribution in [1.29, 1.82) is 0 Å². The molecule has 9 heteroatoms. The summed E-state index contributed by atoms with van der Waals surface area (Å²) in [7, 11) is 1.68. The number of aromatic nitrogens is 2. The van der Waals surface area contributed by atoms with Gasteiger partial charge in [-0.2, -0.15) is 0 Å². The van der Waals surface area contributed by atoms with E-state index in [1.165, 1.54) is 9.13 Å². The van der Waals surface area contributed by atoms with Crippen molar-refractivity contribution < 1.29 is 19.1 Å². The number of rotatable bonds is 9. The highest BCUT2D eigenvalue weighted by atomic mass is 16.6. The van der Waals surface area contributed by atoms with Crippen LogP contribution in [0.4, 0.5) is 4.79 Å². The number of benzene rings is 1. The van der Waals surface area contributed by atoms with Crippen LogP contribution in [-0.2, 0) is 21.4 Å². The average Bonchev–Trinajstić information content (AvgIpc) is 3.09. The number of nitrogens with one attached hydrogen (secondary N) is 1. The van der Waals surface area contributed by atoms with Crippen LogP contribution in [0.1, 0.15) is 90.7 Å². The number of fused-ring (bicyclic) bond motifs is 1. The minimum atomic E-state index is -0.692. The maximum Gasteiger partial charge on any atom is 0.410 e. The molecule has 2 heterocycles. The quantitative estimate of drug-likeness (QED) is 0.300. The van der Waals surface area contributed by atoms with Gasteiger partial charge in [0.15, 0.2) is 0 Å². The van der Waals surface area contributed by atoms with Crippen molar-refractivity contribution in [3.05, 3.63) is 34.2 Å². The number of unbranched alkanes of at least 4 members (excludes halogenated alkanes) is 5. The zero-order chi connectivity index (χ0) is 27.9. The lowest BCUT2D eigenvalue weighted by atomic mass is 10.1. The SMILES string of the molecule is CCOC(=O)N(CCCCCCCC#Cc1ccc2c(c1)n(C)c(=O)n2C1CCC(=O)NC1=O)C(C)(C)C. The van der Waals surface area contributed by atoms with Crippen molar-refractivity contribution in [2.75, 3.05) is 13.2 Å². The monoisotopic (exact) mass is 524 g/mol. The Kier molecular flexibility index (Phi) is 9.78. The van der Waals surface area contributed by atoms with Gasteiger partial charge in [0.2, 0.25) is 11.8 Å². The summed E-state index contributed by atoms with van der Waals surface area (Å²) >= 11 is 0. The molecule has 1 aromatic carbocycles. The van der Waals surface area contributed by atoms with Gasteiger partial charge in [-0.25, -0.2) is 9.59 Å². The number of ether oxygens (including phenoxy) is 1. The summed E-state index contributed by atoms with van der Waals surface area (Å²) in [6, 6.07) is 4.86. The fraction of sp³-hybridized carbons (Fsp3) is 0.586. The van der Waals surface area contributed by atoms with Crippen LogP contribution in [0.15, 0.2) is 23.0 Å². The Morgan fingerprint density at radius 2 is 1.82 bits per heavy atom. The van der Waals surface area contributed by atoms with E-state index in [0.717, 1.165) is 44.1 Å². The third kappa shape index (κ3) is 7.06.